The van der Waals surface area contributed by atoms with Crippen LogP contribution in [0.1, 0.15) is 17.5 Å². The number of nitrogens with zero attached hydrogens (tertiary/aromatic N) is 1. The van der Waals surface area contributed by atoms with Crippen LogP contribution in [0.3, 0.4) is 0 Å². The van der Waals surface area contributed by atoms with Gasteiger partial charge < -0.3 is 19.4 Å². The Morgan fingerprint density at radius 3 is 2.71 bits per heavy atom. The molecule has 0 radical (unpaired) electrons. The van der Waals surface area contributed by atoms with E-state index in [-0.39, 0.29) is 0 Å². The molecule has 1 heterocycles. The molecule has 0 bridgehead atoms. The first-order valence-electron chi connectivity index (χ1n) is 7.89. The van der Waals surface area contributed by atoms with Crippen molar-refractivity contribution in [1.82, 2.24) is 0 Å². The third-order valence-electron chi connectivity index (χ3n) is 4.33. The van der Waals surface area contributed by atoms with E-state index >= 15 is 0 Å². The Hall–Kier alpha value is -2.53. The molecular weight excluding hydrogens is 306 g/mol. The van der Waals surface area contributed by atoms with E-state index in [0.29, 0.717) is 31.3 Å². The Bertz CT molecular complexity index is 694. The Morgan fingerprint density at radius 1 is 1.21 bits per heavy atom. The highest BCUT2D eigenvalue weighted by atomic mass is 16.5. The molecule has 0 saturated carbocycles. The van der Waals surface area contributed by atoms with Crippen LogP contribution in [0.25, 0.3) is 0 Å². The minimum absolute atomic E-state index is 0.417. The lowest BCUT2D eigenvalue weighted by Crippen LogP contribution is -2.28. The van der Waals surface area contributed by atoms with Crippen LogP contribution in [0, 0.1) is 0 Å². The molecule has 5 nitrogen and oxygen atoms in total. The van der Waals surface area contributed by atoms with Crippen molar-refractivity contribution in [3.63, 3.8) is 0 Å². The third kappa shape index (κ3) is 3.36. The van der Waals surface area contributed by atoms with E-state index in [4.69, 9.17) is 19.4 Å². The van der Waals surface area contributed by atoms with Crippen molar-refractivity contribution in [1.29, 1.82) is 0 Å². The van der Waals surface area contributed by atoms with Crippen LogP contribution in [0.4, 0.5) is 0 Å². The average Bonchev–Trinajstić information content (AvgIpc) is 3.11. The fourth-order valence-electron chi connectivity index (χ4n) is 2.93. The second kappa shape index (κ2) is 7.36. The summed E-state index contributed by atoms with van der Waals surface area (Å²) in [5.74, 6) is 1.33. The van der Waals surface area contributed by atoms with Gasteiger partial charge in [0.2, 0.25) is 0 Å². The van der Waals surface area contributed by atoms with Crippen LogP contribution in [0.5, 0.6) is 11.5 Å². The van der Waals surface area contributed by atoms with E-state index in [1.165, 1.54) is 0 Å². The van der Waals surface area contributed by atoms with Gasteiger partial charge in [0.15, 0.2) is 11.5 Å². The van der Waals surface area contributed by atoms with Crippen molar-refractivity contribution in [2.45, 2.75) is 18.4 Å². The molecule has 2 aromatic rings. The van der Waals surface area contributed by atoms with Crippen LogP contribution in [-0.2, 0) is 16.8 Å². The van der Waals surface area contributed by atoms with Crippen molar-refractivity contribution in [2.75, 3.05) is 20.3 Å². The standard InChI is InChI=1S/C19H21NO4/c1-22-18-11-16(19(13-20-21)9-10-23-14-19)7-8-17(18)24-12-15-5-3-2-4-6-15/h2-8,11,13,21H,9-10,12,14H2,1H3/b20-13-. The monoisotopic (exact) mass is 327 g/mol. The fraction of sp³-hybridized carbons (Fsp3) is 0.316. The second-order valence-electron chi connectivity index (χ2n) is 5.84. The van der Waals surface area contributed by atoms with Gasteiger partial charge in [-0.15, -0.1) is 5.16 Å². The Labute approximate surface area is 141 Å². The average molecular weight is 327 g/mol. The Balaban J connectivity index is 1.82. The maximum absolute atomic E-state index is 9.00. The Morgan fingerprint density at radius 2 is 2.04 bits per heavy atom. The Kier molecular flexibility index (Phi) is 5.01. The summed E-state index contributed by atoms with van der Waals surface area (Å²) in [5.41, 5.74) is 1.67. The van der Waals surface area contributed by atoms with Gasteiger partial charge in [-0.3, -0.25) is 0 Å². The largest absolute Gasteiger partial charge is 0.493 e. The SMILES string of the molecule is COc1cc(C2(/C=N\O)CCOC2)ccc1OCc1ccccc1. The maximum atomic E-state index is 9.00. The molecule has 126 valence electrons. The van der Waals surface area contributed by atoms with E-state index in [9.17, 15) is 0 Å². The number of oxime groups is 1. The summed E-state index contributed by atoms with van der Waals surface area (Å²) >= 11 is 0. The summed E-state index contributed by atoms with van der Waals surface area (Å²) < 4.78 is 16.9. The highest BCUT2D eigenvalue weighted by Gasteiger charge is 2.36. The summed E-state index contributed by atoms with van der Waals surface area (Å²) in [6, 6.07) is 15.8. The van der Waals surface area contributed by atoms with Crippen molar-refractivity contribution < 1.29 is 19.4 Å². The molecule has 24 heavy (non-hydrogen) atoms. The third-order valence-corrected chi connectivity index (χ3v) is 4.33. The summed E-state index contributed by atoms with van der Waals surface area (Å²) in [6.45, 7) is 1.61. The lowest BCUT2D eigenvalue weighted by molar-refractivity contribution is 0.187. The molecule has 1 unspecified atom stereocenters. The van der Waals surface area contributed by atoms with Crippen LogP contribution in [-0.4, -0.2) is 31.7 Å². The predicted molar refractivity (Wildman–Crippen MR) is 91.2 cm³/mol. The van der Waals surface area contributed by atoms with Gasteiger partial charge in [-0.25, -0.2) is 0 Å². The van der Waals surface area contributed by atoms with Crippen molar-refractivity contribution in [3.8, 4) is 11.5 Å². The zero-order valence-corrected chi connectivity index (χ0v) is 13.6. The van der Waals surface area contributed by atoms with E-state index in [2.05, 4.69) is 5.16 Å². The molecule has 3 rings (SSSR count). The van der Waals surface area contributed by atoms with Gasteiger partial charge in [0.25, 0.3) is 0 Å². The normalized spacial score (nSPS) is 20.4. The molecule has 1 saturated heterocycles. The van der Waals surface area contributed by atoms with E-state index < -0.39 is 5.41 Å². The predicted octanol–water partition coefficient (Wildman–Crippen LogP) is 3.39. The minimum Gasteiger partial charge on any atom is -0.493 e. The fourth-order valence-corrected chi connectivity index (χ4v) is 2.93. The molecule has 0 spiro atoms. The number of methoxy groups -OCH3 is 1. The molecule has 1 N–H and O–H groups in total. The van der Waals surface area contributed by atoms with Gasteiger partial charge in [0.1, 0.15) is 6.61 Å². The lowest BCUT2D eigenvalue weighted by Gasteiger charge is -2.23. The molecule has 1 fully saturated rings. The molecule has 1 aliphatic rings. The van der Waals surface area contributed by atoms with Crippen molar-refractivity contribution in [2.24, 2.45) is 5.16 Å². The summed E-state index contributed by atoms with van der Waals surface area (Å²) in [6.07, 6.45) is 2.31. The van der Waals surface area contributed by atoms with Crippen LogP contribution in [0.15, 0.2) is 53.7 Å². The number of benzene rings is 2. The number of ether oxygens (including phenoxy) is 3. The number of hydrogen-bond donors (Lipinski definition) is 1. The lowest BCUT2D eigenvalue weighted by atomic mass is 9.81. The van der Waals surface area contributed by atoms with Crippen LogP contribution < -0.4 is 9.47 Å². The zero-order valence-electron chi connectivity index (χ0n) is 13.6. The molecule has 2 aromatic carbocycles. The second-order valence-corrected chi connectivity index (χ2v) is 5.84. The topological polar surface area (TPSA) is 60.3 Å². The number of hydrogen-bond acceptors (Lipinski definition) is 5. The smallest absolute Gasteiger partial charge is 0.161 e. The summed E-state index contributed by atoms with van der Waals surface area (Å²) in [7, 11) is 1.62. The summed E-state index contributed by atoms with van der Waals surface area (Å²) in [4.78, 5) is 0. The first kappa shape index (κ1) is 16.3. The molecule has 1 atom stereocenters. The van der Waals surface area contributed by atoms with Gasteiger partial charge in [-0.2, -0.15) is 0 Å². The minimum atomic E-state index is -0.417. The highest BCUT2D eigenvalue weighted by Crippen LogP contribution is 2.37. The number of rotatable bonds is 6. The van der Waals surface area contributed by atoms with Gasteiger partial charge in [-0.1, -0.05) is 36.4 Å². The van der Waals surface area contributed by atoms with E-state index in [1.807, 2.05) is 48.5 Å². The van der Waals surface area contributed by atoms with Gasteiger partial charge in [-0.05, 0) is 29.7 Å². The van der Waals surface area contributed by atoms with E-state index in [0.717, 1.165) is 17.5 Å². The summed E-state index contributed by atoms with van der Waals surface area (Å²) in [5, 5.41) is 12.2. The quantitative estimate of drug-likeness (QED) is 0.502. The molecule has 0 aliphatic carbocycles. The first-order valence-corrected chi connectivity index (χ1v) is 7.89. The van der Waals surface area contributed by atoms with Gasteiger partial charge in [0, 0.05) is 6.61 Å². The van der Waals surface area contributed by atoms with Crippen LogP contribution >= 0.6 is 0 Å². The van der Waals surface area contributed by atoms with Gasteiger partial charge >= 0.3 is 0 Å². The molecular formula is C19H21NO4. The highest BCUT2D eigenvalue weighted by molar-refractivity contribution is 5.74. The molecule has 5 heteroatoms. The van der Waals surface area contributed by atoms with Gasteiger partial charge in [0.05, 0.1) is 25.3 Å². The van der Waals surface area contributed by atoms with Crippen molar-refractivity contribution >= 4 is 6.21 Å². The zero-order chi connectivity index (χ0) is 16.8. The molecule has 0 aromatic heterocycles. The molecule has 0 amide bonds. The van der Waals surface area contributed by atoms with Crippen LogP contribution in [0.2, 0.25) is 0 Å². The van der Waals surface area contributed by atoms with Crippen molar-refractivity contribution in [3.05, 3.63) is 59.7 Å². The van der Waals surface area contributed by atoms with E-state index in [1.54, 1.807) is 13.3 Å². The molecule has 1 aliphatic heterocycles. The maximum Gasteiger partial charge on any atom is 0.161 e. The first-order chi connectivity index (χ1) is 11.8.